The molecule has 0 saturated heterocycles. The van der Waals surface area contributed by atoms with Crippen molar-refractivity contribution >= 4 is 11.7 Å². The predicted molar refractivity (Wildman–Crippen MR) is 76.1 cm³/mol. The molecule has 1 atom stereocenters. The van der Waals surface area contributed by atoms with Gasteiger partial charge in [-0.05, 0) is 19.3 Å². The maximum Gasteiger partial charge on any atom is 0.223 e. The Balaban J connectivity index is 2.88. The van der Waals surface area contributed by atoms with Crippen LogP contribution in [0, 0.1) is 5.92 Å². The van der Waals surface area contributed by atoms with Crippen LogP contribution in [-0.2, 0) is 4.79 Å². The van der Waals surface area contributed by atoms with Crippen molar-refractivity contribution in [3.63, 3.8) is 0 Å². The Morgan fingerprint density at radius 1 is 1.32 bits per heavy atom. The first-order valence-corrected chi connectivity index (χ1v) is 7.35. The fourth-order valence-corrected chi connectivity index (χ4v) is 2.59. The van der Waals surface area contributed by atoms with Crippen LogP contribution < -0.4 is 11.1 Å². The lowest BCUT2D eigenvalue weighted by Crippen LogP contribution is -2.58. The monoisotopic (exact) mass is 269 g/mol. The van der Waals surface area contributed by atoms with E-state index in [4.69, 9.17) is 10.9 Å². The molecule has 0 aromatic rings. The normalized spacial score (nSPS) is 22.1. The van der Waals surface area contributed by atoms with Gasteiger partial charge >= 0.3 is 0 Å². The van der Waals surface area contributed by atoms with E-state index in [0.29, 0.717) is 0 Å². The number of hydrogen-bond donors (Lipinski definition) is 3. The molecule has 4 N–H and O–H groups in total. The molecule has 1 amide bonds. The van der Waals surface area contributed by atoms with Gasteiger partial charge in [0.2, 0.25) is 5.91 Å². The molecule has 1 aliphatic rings. The number of nitrogens with two attached hydrogens (primary N) is 1. The maximum atomic E-state index is 12.2. The Hall–Kier alpha value is -1.26. The van der Waals surface area contributed by atoms with Gasteiger partial charge in [0.25, 0.3) is 0 Å². The van der Waals surface area contributed by atoms with Crippen LogP contribution in [0.25, 0.3) is 0 Å². The molecule has 5 heteroatoms. The number of carbonyl (C=O) groups is 1. The van der Waals surface area contributed by atoms with Crippen molar-refractivity contribution in [2.24, 2.45) is 16.8 Å². The summed E-state index contributed by atoms with van der Waals surface area (Å²) in [7, 11) is 0. The zero-order chi connectivity index (χ0) is 14.3. The molecule has 19 heavy (non-hydrogen) atoms. The van der Waals surface area contributed by atoms with Gasteiger partial charge in [-0.3, -0.25) is 4.79 Å². The quantitative estimate of drug-likeness (QED) is 0.317. The minimum absolute atomic E-state index is 0.00493. The molecule has 1 saturated carbocycles. The molecule has 0 aliphatic heterocycles. The molecule has 1 unspecified atom stereocenters. The Labute approximate surface area is 115 Å². The van der Waals surface area contributed by atoms with E-state index in [1.165, 1.54) is 6.42 Å². The summed E-state index contributed by atoms with van der Waals surface area (Å²) in [4.78, 5) is 12.2. The summed E-state index contributed by atoms with van der Waals surface area (Å²) >= 11 is 0. The summed E-state index contributed by atoms with van der Waals surface area (Å²) in [6.45, 7) is 3.89. The number of oxime groups is 1. The summed E-state index contributed by atoms with van der Waals surface area (Å²) in [5.74, 6) is 0.0922. The Morgan fingerprint density at radius 2 is 1.84 bits per heavy atom. The Morgan fingerprint density at radius 3 is 2.32 bits per heavy atom. The highest BCUT2D eigenvalue weighted by Gasteiger charge is 2.37. The van der Waals surface area contributed by atoms with Crippen LogP contribution in [-0.4, -0.2) is 22.5 Å². The molecule has 1 rings (SSSR count). The molecule has 0 radical (unpaired) electrons. The van der Waals surface area contributed by atoms with Crippen LogP contribution in [0.1, 0.15) is 65.2 Å². The third-order valence-corrected chi connectivity index (χ3v) is 4.23. The summed E-state index contributed by atoms with van der Waals surface area (Å²) in [6, 6.07) is 0. The minimum Gasteiger partial charge on any atom is -0.409 e. The van der Waals surface area contributed by atoms with E-state index in [-0.39, 0.29) is 17.7 Å². The second-order valence-corrected chi connectivity index (χ2v) is 5.63. The number of amides is 1. The highest BCUT2D eigenvalue weighted by molar-refractivity contribution is 5.94. The fraction of sp³-hybridized carbons (Fsp3) is 0.857. The topological polar surface area (TPSA) is 87.7 Å². The second kappa shape index (κ2) is 7.36. The number of nitrogens with one attached hydrogen (secondary N) is 1. The molecule has 110 valence electrons. The molecule has 0 heterocycles. The van der Waals surface area contributed by atoms with Crippen LogP contribution in [0.4, 0.5) is 0 Å². The van der Waals surface area contributed by atoms with Crippen molar-refractivity contribution in [3.05, 3.63) is 0 Å². The van der Waals surface area contributed by atoms with Gasteiger partial charge in [0.1, 0.15) is 5.54 Å². The molecular weight excluding hydrogens is 242 g/mol. The average molecular weight is 269 g/mol. The molecule has 0 bridgehead atoms. The van der Waals surface area contributed by atoms with Gasteiger partial charge in [-0.2, -0.15) is 0 Å². The first-order valence-electron chi connectivity index (χ1n) is 7.35. The van der Waals surface area contributed by atoms with E-state index in [1.54, 1.807) is 0 Å². The molecule has 0 spiro atoms. The summed E-state index contributed by atoms with van der Waals surface area (Å²) in [5.41, 5.74) is 5.22. The lowest BCUT2D eigenvalue weighted by molar-refractivity contribution is -0.126. The van der Waals surface area contributed by atoms with Gasteiger partial charge in [0.05, 0.1) is 0 Å². The van der Waals surface area contributed by atoms with E-state index in [2.05, 4.69) is 10.5 Å². The number of carbonyl (C=O) groups excluding carboxylic acids is 1. The van der Waals surface area contributed by atoms with Crippen molar-refractivity contribution < 1.29 is 10.0 Å². The third kappa shape index (κ3) is 4.11. The molecular formula is C14H27N3O2. The number of rotatable bonds is 4. The van der Waals surface area contributed by atoms with Crippen LogP contribution in [0.5, 0.6) is 0 Å². The van der Waals surface area contributed by atoms with Gasteiger partial charge in [-0.1, -0.05) is 51.1 Å². The van der Waals surface area contributed by atoms with Crippen molar-refractivity contribution in [2.45, 2.75) is 70.8 Å². The highest BCUT2D eigenvalue weighted by atomic mass is 16.4. The predicted octanol–water partition coefficient (Wildman–Crippen LogP) is 2.38. The van der Waals surface area contributed by atoms with E-state index in [1.807, 2.05) is 13.8 Å². The van der Waals surface area contributed by atoms with Crippen molar-refractivity contribution in [2.75, 3.05) is 0 Å². The van der Waals surface area contributed by atoms with Crippen molar-refractivity contribution in [1.29, 1.82) is 0 Å². The lowest BCUT2D eigenvalue weighted by Gasteiger charge is -2.36. The summed E-state index contributed by atoms with van der Waals surface area (Å²) in [5, 5.41) is 15.3. The minimum atomic E-state index is -0.657. The first-order chi connectivity index (χ1) is 9.05. The second-order valence-electron chi connectivity index (χ2n) is 5.63. The molecule has 1 aliphatic carbocycles. The highest BCUT2D eigenvalue weighted by Crippen LogP contribution is 2.27. The largest absolute Gasteiger partial charge is 0.409 e. The summed E-state index contributed by atoms with van der Waals surface area (Å²) in [6.07, 6.45) is 7.80. The van der Waals surface area contributed by atoms with Gasteiger partial charge in [0.15, 0.2) is 5.84 Å². The van der Waals surface area contributed by atoms with E-state index >= 15 is 0 Å². The molecule has 0 aromatic carbocycles. The van der Waals surface area contributed by atoms with Gasteiger partial charge in [-0.15, -0.1) is 0 Å². The zero-order valence-corrected chi connectivity index (χ0v) is 12.1. The first kappa shape index (κ1) is 15.8. The van der Waals surface area contributed by atoms with Crippen LogP contribution in [0.2, 0.25) is 0 Å². The zero-order valence-electron chi connectivity index (χ0n) is 12.1. The molecule has 0 aromatic heterocycles. The van der Waals surface area contributed by atoms with Gasteiger partial charge < -0.3 is 16.3 Å². The fourth-order valence-electron chi connectivity index (χ4n) is 2.59. The Bertz CT molecular complexity index is 321. The van der Waals surface area contributed by atoms with Gasteiger partial charge in [-0.25, -0.2) is 0 Å². The molecule has 5 nitrogen and oxygen atoms in total. The lowest BCUT2D eigenvalue weighted by atomic mass is 9.82. The van der Waals surface area contributed by atoms with E-state index in [0.717, 1.165) is 44.9 Å². The average Bonchev–Trinajstić information content (AvgIpc) is 2.39. The standard InChI is InChI=1S/C14H27N3O2/c1-3-11(2)12(18)16-14(13(15)17-19)9-7-5-4-6-8-10-14/h11,19H,3-10H2,1-2H3,(H2,15,17)(H,16,18). The number of hydrogen-bond acceptors (Lipinski definition) is 3. The SMILES string of the molecule is CCC(C)C(=O)NC1(/C(N)=N/O)CCCCCCC1. The van der Waals surface area contributed by atoms with Crippen LogP contribution in [0.3, 0.4) is 0 Å². The van der Waals surface area contributed by atoms with Crippen LogP contribution >= 0.6 is 0 Å². The van der Waals surface area contributed by atoms with Crippen LogP contribution in [0.15, 0.2) is 5.16 Å². The maximum absolute atomic E-state index is 12.2. The van der Waals surface area contributed by atoms with Crippen molar-refractivity contribution in [1.82, 2.24) is 5.32 Å². The smallest absolute Gasteiger partial charge is 0.223 e. The Kier molecular flexibility index (Phi) is 6.12. The van der Waals surface area contributed by atoms with Gasteiger partial charge in [0, 0.05) is 5.92 Å². The third-order valence-electron chi connectivity index (χ3n) is 4.23. The number of nitrogens with zero attached hydrogens (tertiary/aromatic N) is 1. The molecule has 1 fully saturated rings. The van der Waals surface area contributed by atoms with Crippen molar-refractivity contribution in [3.8, 4) is 0 Å². The van der Waals surface area contributed by atoms with E-state index < -0.39 is 5.54 Å². The number of amidine groups is 1. The summed E-state index contributed by atoms with van der Waals surface area (Å²) < 4.78 is 0. The van der Waals surface area contributed by atoms with E-state index in [9.17, 15) is 4.79 Å².